The van der Waals surface area contributed by atoms with E-state index in [0.717, 1.165) is 17.9 Å². The summed E-state index contributed by atoms with van der Waals surface area (Å²) in [6.07, 6.45) is 2.79. The number of ether oxygens (including phenoxy) is 1. The van der Waals surface area contributed by atoms with Gasteiger partial charge in [-0.25, -0.2) is 4.98 Å². The van der Waals surface area contributed by atoms with Crippen LogP contribution < -0.4 is 10.5 Å². The topological polar surface area (TPSA) is 48.1 Å². The van der Waals surface area contributed by atoms with Crippen molar-refractivity contribution in [1.29, 1.82) is 0 Å². The van der Waals surface area contributed by atoms with Gasteiger partial charge in [0.15, 0.2) is 0 Å². The molecule has 0 radical (unpaired) electrons. The number of aromatic nitrogens is 1. The van der Waals surface area contributed by atoms with Crippen LogP contribution in [0.15, 0.2) is 18.3 Å². The van der Waals surface area contributed by atoms with E-state index in [2.05, 4.69) is 4.98 Å². The average molecular weight is 164 g/mol. The van der Waals surface area contributed by atoms with Crippen LogP contribution >= 0.6 is 0 Å². The van der Waals surface area contributed by atoms with Crippen LogP contribution in [-0.4, -0.2) is 18.1 Å². The van der Waals surface area contributed by atoms with Crippen molar-refractivity contribution in [3.63, 3.8) is 0 Å². The first kappa shape index (κ1) is 7.55. The molecule has 1 aromatic heterocycles. The molecule has 3 nitrogen and oxygen atoms in total. The third-order valence-electron chi connectivity index (χ3n) is 2.23. The van der Waals surface area contributed by atoms with Gasteiger partial charge in [0, 0.05) is 23.7 Å². The van der Waals surface area contributed by atoms with Gasteiger partial charge in [-0.2, -0.15) is 0 Å². The van der Waals surface area contributed by atoms with E-state index < -0.39 is 0 Å². The Hall–Kier alpha value is -1.09. The lowest BCUT2D eigenvalue weighted by molar-refractivity contribution is 0.392. The van der Waals surface area contributed by atoms with Crippen LogP contribution in [0.2, 0.25) is 0 Å². The maximum absolute atomic E-state index is 5.74. The van der Waals surface area contributed by atoms with Crippen LogP contribution in [0.25, 0.3) is 0 Å². The molecule has 0 aliphatic heterocycles. The van der Waals surface area contributed by atoms with Gasteiger partial charge in [-0.15, -0.1) is 0 Å². The molecule has 1 aliphatic rings. The van der Waals surface area contributed by atoms with E-state index in [1.54, 1.807) is 13.3 Å². The highest BCUT2D eigenvalue weighted by atomic mass is 16.5. The van der Waals surface area contributed by atoms with Crippen molar-refractivity contribution in [3.05, 3.63) is 23.9 Å². The minimum atomic E-state index is 0.308. The summed E-state index contributed by atoms with van der Waals surface area (Å²) >= 11 is 0. The Labute approximate surface area is 71.6 Å². The Bertz CT molecular complexity index is 288. The van der Waals surface area contributed by atoms with Gasteiger partial charge in [0.2, 0.25) is 5.88 Å². The van der Waals surface area contributed by atoms with Gasteiger partial charge in [-0.1, -0.05) is 6.07 Å². The zero-order valence-corrected chi connectivity index (χ0v) is 7.03. The molecule has 0 spiro atoms. The zero-order chi connectivity index (χ0) is 8.55. The Morgan fingerprint density at radius 1 is 1.67 bits per heavy atom. The molecule has 2 N–H and O–H groups in total. The van der Waals surface area contributed by atoms with Gasteiger partial charge in [0.05, 0.1) is 7.11 Å². The first-order valence-corrected chi connectivity index (χ1v) is 4.07. The lowest BCUT2D eigenvalue weighted by Crippen LogP contribution is -2.02. The van der Waals surface area contributed by atoms with Crippen molar-refractivity contribution < 1.29 is 4.74 Å². The quantitative estimate of drug-likeness (QED) is 0.706. The van der Waals surface area contributed by atoms with Gasteiger partial charge >= 0.3 is 0 Å². The van der Waals surface area contributed by atoms with Gasteiger partial charge < -0.3 is 10.5 Å². The number of rotatable bonds is 2. The zero-order valence-electron chi connectivity index (χ0n) is 7.03. The number of nitrogens with zero attached hydrogens (tertiary/aromatic N) is 1. The highest BCUT2D eigenvalue weighted by molar-refractivity contribution is 5.35. The van der Waals surface area contributed by atoms with Crippen LogP contribution in [0, 0.1) is 0 Å². The second-order valence-electron chi connectivity index (χ2n) is 3.11. The summed E-state index contributed by atoms with van der Waals surface area (Å²) in [5.74, 6) is 1.18. The molecule has 1 heterocycles. The Morgan fingerprint density at radius 3 is 3.00 bits per heavy atom. The Kier molecular flexibility index (Phi) is 1.73. The summed E-state index contributed by atoms with van der Waals surface area (Å²) in [6.45, 7) is 0. The summed E-state index contributed by atoms with van der Waals surface area (Å²) < 4.78 is 5.13. The number of hydrogen-bond acceptors (Lipinski definition) is 3. The van der Waals surface area contributed by atoms with Gasteiger partial charge in [0.1, 0.15) is 0 Å². The van der Waals surface area contributed by atoms with E-state index in [4.69, 9.17) is 10.5 Å². The van der Waals surface area contributed by atoms with Crippen molar-refractivity contribution in [2.45, 2.75) is 18.4 Å². The molecule has 0 amide bonds. The Balaban J connectivity index is 2.29. The number of nitrogens with two attached hydrogens (primary N) is 1. The average Bonchev–Trinajstić information content (AvgIpc) is 2.83. The van der Waals surface area contributed by atoms with Crippen LogP contribution in [0.5, 0.6) is 5.88 Å². The highest BCUT2D eigenvalue weighted by Gasteiger charge is 2.37. The predicted molar refractivity (Wildman–Crippen MR) is 46.1 cm³/mol. The first-order valence-electron chi connectivity index (χ1n) is 4.07. The SMILES string of the molecule is COc1ncccc1C1CC1N. The van der Waals surface area contributed by atoms with Crippen molar-refractivity contribution >= 4 is 0 Å². The molecular weight excluding hydrogens is 152 g/mol. The third-order valence-corrected chi connectivity index (χ3v) is 2.23. The monoisotopic (exact) mass is 164 g/mol. The molecule has 12 heavy (non-hydrogen) atoms. The predicted octanol–water partition coefficient (Wildman–Crippen LogP) is 0.905. The molecule has 1 saturated carbocycles. The van der Waals surface area contributed by atoms with E-state index in [9.17, 15) is 0 Å². The fourth-order valence-electron chi connectivity index (χ4n) is 1.43. The standard InChI is InChI=1S/C9H12N2O/c1-12-9-6(3-2-4-11-9)7-5-8(7)10/h2-4,7-8H,5,10H2,1H3. The number of pyridine rings is 1. The molecular formula is C9H12N2O. The maximum atomic E-state index is 5.74. The number of methoxy groups -OCH3 is 1. The lowest BCUT2D eigenvalue weighted by Gasteiger charge is -2.04. The van der Waals surface area contributed by atoms with Crippen molar-refractivity contribution in [1.82, 2.24) is 4.98 Å². The normalized spacial score (nSPS) is 26.8. The summed E-state index contributed by atoms with van der Waals surface area (Å²) in [4.78, 5) is 4.12. The largest absolute Gasteiger partial charge is 0.481 e. The number of hydrogen-bond donors (Lipinski definition) is 1. The molecule has 0 bridgehead atoms. The summed E-state index contributed by atoms with van der Waals surface area (Å²) in [6, 6.07) is 4.26. The van der Waals surface area contributed by atoms with E-state index in [1.165, 1.54) is 0 Å². The summed E-state index contributed by atoms with van der Waals surface area (Å²) in [5, 5.41) is 0. The molecule has 0 saturated heterocycles. The molecule has 64 valence electrons. The van der Waals surface area contributed by atoms with Crippen molar-refractivity contribution in [2.24, 2.45) is 5.73 Å². The molecule has 2 unspecified atom stereocenters. The van der Waals surface area contributed by atoms with Crippen LogP contribution in [-0.2, 0) is 0 Å². The molecule has 2 rings (SSSR count). The smallest absolute Gasteiger partial charge is 0.216 e. The van der Waals surface area contributed by atoms with Crippen molar-refractivity contribution in [2.75, 3.05) is 7.11 Å². The maximum Gasteiger partial charge on any atom is 0.216 e. The van der Waals surface area contributed by atoms with E-state index in [0.29, 0.717) is 12.0 Å². The molecule has 1 fully saturated rings. The fraction of sp³-hybridized carbons (Fsp3) is 0.444. The van der Waals surface area contributed by atoms with Gasteiger partial charge in [-0.3, -0.25) is 0 Å². The second-order valence-corrected chi connectivity index (χ2v) is 3.11. The second kappa shape index (κ2) is 2.75. The lowest BCUT2D eigenvalue weighted by atomic mass is 10.2. The first-order chi connectivity index (χ1) is 5.83. The van der Waals surface area contributed by atoms with E-state index >= 15 is 0 Å². The van der Waals surface area contributed by atoms with Crippen LogP contribution in [0.1, 0.15) is 17.9 Å². The van der Waals surface area contributed by atoms with E-state index in [-0.39, 0.29) is 0 Å². The minimum Gasteiger partial charge on any atom is -0.481 e. The van der Waals surface area contributed by atoms with Gasteiger partial charge in [0.25, 0.3) is 0 Å². The van der Waals surface area contributed by atoms with Crippen LogP contribution in [0.3, 0.4) is 0 Å². The fourth-order valence-corrected chi connectivity index (χ4v) is 1.43. The van der Waals surface area contributed by atoms with Crippen molar-refractivity contribution in [3.8, 4) is 5.88 Å². The van der Waals surface area contributed by atoms with E-state index in [1.807, 2.05) is 12.1 Å². The Morgan fingerprint density at radius 2 is 2.42 bits per heavy atom. The minimum absolute atomic E-state index is 0.308. The highest BCUT2D eigenvalue weighted by Crippen LogP contribution is 2.42. The molecule has 1 aliphatic carbocycles. The van der Waals surface area contributed by atoms with Gasteiger partial charge in [-0.05, 0) is 12.5 Å². The summed E-state index contributed by atoms with van der Waals surface area (Å²) in [5.41, 5.74) is 6.88. The molecule has 3 heteroatoms. The van der Waals surface area contributed by atoms with Crippen LogP contribution in [0.4, 0.5) is 0 Å². The molecule has 1 aromatic rings. The summed E-state index contributed by atoms with van der Waals surface area (Å²) in [7, 11) is 1.64. The molecule has 0 aromatic carbocycles. The third kappa shape index (κ3) is 1.16. The molecule has 2 atom stereocenters.